The molecule has 0 aliphatic carbocycles. The molecule has 0 fully saturated rings. The molecule has 1 amide bonds. The summed E-state index contributed by atoms with van der Waals surface area (Å²) in [4.78, 5) is 11.8. The number of amides is 1. The zero-order valence-electron chi connectivity index (χ0n) is 7.89. The van der Waals surface area contributed by atoms with Crippen molar-refractivity contribution in [2.45, 2.75) is 13.8 Å². The van der Waals surface area contributed by atoms with Gasteiger partial charge in [-0.25, -0.2) is 0 Å². The molecule has 0 spiro atoms. The Bertz CT molecular complexity index is 376. The highest BCUT2D eigenvalue weighted by Gasteiger charge is 2.04. The van der Waals surface area contributed by atoms with E-state index in [-0.39, 0.29) is 11.7 Å². The van der Waals surface area contributed by atoms with Crippen LogP contribution in [0.2, 0.25) is 0 Å². The van der Waals surface area contributed by atoms with Gasteiger partial charge < -0.3 is 5.11 Å². The van der Waals surface area contributed by atoms with Crippen molar-refractivity contribution in [1.29, 1.82) is 0 Å². The number of aliphatic hydroxyl groups is 1. The Labute approximate surface area is 85.6 Å². The minimum absolute atomic E-state index is 0.0627. The van der Waals surface area contributed by atoms with Gasteiger partial charge in [0.2, 0.25) is 0 Å². The van der Waals surface area contributed by atoms with E-state index in [1.807, 2.05) is 0 Å². The van der Waals surface area contributed by atoms with E-state index in [0.717, 1.165) is 0 Å². The molecule has 0 aromatic carbocycles. The maximum absolute atomic E-state index is 11.3. The smallest absolute Gasteiger partial charge is 0.305 e. The Balaban J connectivity index is 2.72. The highest BCUT2D eigenvalue weighted by molar-refractivity contribution is 7.12. The number of thiophene rings is 1. The molecule has 0 atom stereocenters. The van der Waals surface area contributed by atoms with Gasteiger partial charge in [0.05, 0.1) is 10.6 Å². The second kappa shape index (κ2) is 4.66. The number of nitrogens with zero attached hydrogens (tertiary/aromatic N) is 2. The quantitative estimate of drug-likeness (QED) is 0.602. The van der Waals surface area contributed by atoms with Crippen LogP contribution in [0.1, 0.15) is 23.5 Å². The van der Waals surface area contributed by atoms with E-state index >= 15 is 0 Å². The highest BCUT2D eigenvalue weighted by Crippen LogP contribution is 2.11. The van der Waals surface area contributed by atoms with Crippen molar-refractivity contribution >= 4 is 17.2 Å². The summed E-state index contributed by atoms with van der Waals surface area (Å²) in [5, 5.41) is 17.8. The molecule has 1 aromatic rings. The molecule has 1 N–H and O–H groups in total. The topological polar surface area (TPSA) is 62.0 Å². The average Bonchev–Trinajstić information content (AvgIpc) is 2.66. The van der Waals surface area contributed by atoms with Gasteiger partial charge in [-0.15, -0.1) is 21.6 Å². The Hall–Kier alpha value is -1.49. The molecule has 0 radical (unpaired) electrons. The van der Waals surface area contributed by atoms with Crippen molar-refractivity contribution in [3.8, 4) is 0 Å². The molecule has 1 heterocycles. The fourth-order valence-electron chi connectivity index (χ4n) is 0.642. The number of rotatable bonds is 2. The average molecular weight is 210 g/mol. The molecule has 0 aliphatic rings. The van der Waals surface area contributed by atoms with Gasteiger partial charge in [0.15, 0.2) is 0 Å². The summed E-state index contributed by atoms with van der Waals surface area (Å²) in [5.41, 5.74) is 0.343. The van der Waals surface area contributed by atoms with Gasteiger partial charge in [-0.2, -0.15) is 0 Å². The van der Waals surface area contributed by atoms with Crippen molar-refractivity contribution in [3.05, 3.63) is 33.8 Å². The lowest BCUT2D eigenvalue weighted by molar-refractivity contribution is 0.0998. The van der Waals surface area contributed by atoms with Crippen LogP contribution in [0.5, 0.6) is 0 Å². The SMILES string of the molecule is C/C(O)=C(C)/N=N/C(=O)c1cccs1. The number of azo groups is 1. The molecule has 4 nitrogen and oxygen atoms in total. The Kier molecular flexibility index (Phi) is 3.53. The summed E-state index contributed by atoms with van der Waals surface area (Å²) in [7, 11) is 0. The van der Waals surface area contributed by atoms with Gasteiger partial charge >= 0.3 is 5.91 Å². The highest BCUT2D eigenvalue weighted by atomic mass is 32.1. The van der Waals surface area contributed by atoms with E-state index < -0.39 is 0 Å². The second-order valence-electron chi connectivity index (χ2n) is 2.65. The van der Waals surface area contributed by atoms with E-state index in [9.17, 15) is 4.79 Å². The van der Waals surface area contributed by atoms with Crippen LogP contribution in [-0.2, 0) is 0 Å². The summed E-state index contributed by atoms with van der Waals surface area (Å²) in [6.07, 6.45) is 0. The third-order valence-electron chi connectivity index (χ3n) is 1.55. The second-order valence-corrected chi connectivity index (χ2v) is 3.60. The van der Waals surface area contributed by atoms with Crippen LogP contribution in [0.25, 0.3) is 0 Å². The van der Waals surface area contributed by atoms with Gasteiger partial charge in [0.25, 0.3) is 0 Å². The Morgan fingerprint density at radius 3 is 2.64 bits per heavy atom. The van der Waals surface area contributed by atoms with Crippen molar-refractivity contribution in [2.75, 3.05) is 0 Å². The van der Waals surface area contributed by atoms with Gasteiger partial charge in [0, 0.05) is 0 Å². The minimum atomic E-state index is -0.388. The lowest BCUT2D eigenvalue weighted by Gasteiger charge is -1.91. The lowest BCUT2D eigenvalue weighted by atomic mass is 10.4. The molecule has 0 saturated carbocycles. The summed E-state index contributed by atoms with van der Waals surface area (Å²) < 4.78 is 0. The van der Waals surface area contributed by atoms with E-state index in [0.29, 0.717) is 10.6 Å². The van der Waals surface area contributed by atoms with Crippen LogP contribution in [-0.4, -0.2) is 11.0 Å². The molecule has 0 saturated heterocycles. The van der Waals surface area contributed by atoms with Gasteiger partial charge in [-0.3, -0.25) is 4.79 Å². The molecular formula is C9H10N2O2S. The van der Waals surface area contributed by atoms with Crippen molar-refractivity contribution in [3.63, 3.8) is 0 Å². The lowest BCUT2D eigenvalue weighted by Crippen LogP contribution is -1.89. The zero-order valence-corrected chi connectivity index (χ0v) is 8.71. The van der Waals surface area contributed by atoms with Crippen molar-refractivity contribution in [2.24, 2.45) is 10.2 Å². The van der Waals surface area contributed by atoms with Gasteiger partial charge in [0.1, 0.15) is 5.76 Å². The van der Waals surface area contributed by atoms with Gasteiger partial charge in [-0.1, -0.05) is 6.07 Å². The number of carbonyl (C=O) groups is 1. The molecule has 0 bridgehead atoms. The molecule has 74 valence electrons. The molecule has 1 aromatic heterocycles. The van der Waals surface area contributed by atoms with Crippen LogP contribution in [0.4, 0.5) is 0 Å². The number of hydrogen-bond acceptors (Lipinski definition) is 4. The standard InChI is InChI=1S/C9H10N2O2S/c1-6(7(2)12)10-11-9(13)8-4-3-5-14-8/h3-5,12H,1-2H3/b7-6-,11-10+. The van der Waals surface area contributed by atoms with E-state index in [2.05, 4.69) is 10.2 Å². The first-order valence-electron chi connectivity index (χ1n) is 3.97. The molecular weight excluding hydrogens is 200 g/mol. The third-order valence-corrected chi connectivity index (χ3v) is 2.40. The van der Waals surface area contributed by atoms with Crippen LogP contribution in [0.3, 0.4) is 0 Å². The number of aliphatic hydroxyl groups excluding tert-OH is 1. The predicted octanol–water partition coefficient (Wildman–Crippen LogP) is 3.15. The first-order valence-corrected chi connectivity index (χ1v) is 4.85. The van der Waals surface area contributed by atoms with Crippen molar-refractivity contribution in [1.82, 2.24) is 0 Å². The predicted molar refractivity (Wildman–Crippen MR) is 54.5 cm³/mol. The molecule has 14 heavy (non-hydrogen) atoms. The maximum Gasteiger partial charge on any atom is 0.305 e. The van der Waals surface area contributed by atoms with Gasteiger partial charge in [-0.05, 0) is 25.3 Å². The molecule has 1 rings (SSSR count). The Morgan fingerprint density at radius 1 is 1.43 bits per heavy atom. The largest absolute Gasteiger partial charge is 0.511 e. The molecule has 5 heteroatoms. The minimum Gasteiger partial charge on any atom is -0.511 e. The van der Waals surface area contributed by atoms with E-state index in [1.165, 1.54) is 18.3 Å². The van der Waals surface area contributed by atoms with Crippen LogP contribution in [0, 0.1) is 0 Å². The van der Waals surface area contributed by atoms with Crippen LogP contribution in [0.15, 0.2) is 39.2 Å². The third kappa shape index (κ3) is 2.77. The summed E-state index contributed by atoms with van der Waals surface area (Å²) >= 11 is 1.31. The molecule has 0 aliphatic heterocycles. The number of hydrogen-bond donors (Lipinski definition) is 1. The molecule has 0 unspecified atom stereocenters. The Morgan fingerprint density at radius 2 is 2.14 bits per heavy atom. The summed E-state index contributed by atoms with van der Waals surface area (Å²) in [5.74, 6) is -0.326. The number of allylic oxidation sites excluding steroid dienone is 2. The maximum atomic E-state index is 11.3. The summed E-state index contributed by atoms with van der Waals surface area (Å²) in [6, 6.07) is 3.45. The normalized spacial score (nSPS) is 13.0. The van der Waals surface area contributed by atoms with Crippen LogP contribution < -0.4 is 0 Å². The monoisotopic (exact) mass is 210 g/mol. The first kappa shape index (κ1) is 10.6. The number of carbonyl (C=O) groups excluding carboxylic acids is 1. The zero-order chi connectivity index (χ0) is 10.6. The first-order chi connectivity index (χ1) is 6.61. The van der Waals surface area contributed by atoms with Crippen molar-refractivity contribution < 1.29 is 9.90 Å². The fraction of sp³-hybridized carbons (Fsp3) is 0.222. The van der Waals surface area contributed by atoms with E-state index in [1.54, 1.807) is 24.4 Å². The van der Waals surface area contributed by atoms with E-state index in [4.69, 9.17) is 5.11 Å². The van der Waals surface area contributed by atoms with Crippen LogP contribution >= 0.6 is 11.3 Å². The fourth-order valence-corrected chi connectivity index (χ4v) is 1.24. The summed E-state index contributed by atoms with van der Waals surface area (Å²) in [6.45, 7) is 3.07.